The van der Waals surface area contributed by atoms with Crippen molar-refractivity contribution >= 4 is 15.9 Å². The molecular formula is C9H5BrFN3. The van der Waals surface area contributed by atoms with Crippen LogP contribution in [0.2, 0.25) is 0 Å². The van der Waals surface area contributed by atoms with Gasteiger partial charge < -0.3 is 0 Å². The largest absolute Gasteiger partial charge is 0.252 e. The summed E-state index contributed by atoms with van der Waals surface area (Å²) in [6.45, 7) is 0. The van der Waals surface area contributed by atoms with Crippen LogP contribution in [0.15, 0.2) is 35.2 Å². The highest BCUT2D eigenvalue weighted by Gasteiger charge is 2.06. The van der Waals surface area contributed by atoms with Crippen LogP contribution in [0.25, 0.3) is 11.3 Å². The summed E-state index contributed by atoms with van der Waals surface area (Å²) in [5, 5.41) is 7.26. The Labute approximate surface area is 88.1 Å². The Bertz CT molecular complexity index is 447. The molecule has 0 radical (unpaired) electrons. The van der Waals surface area contributed by atoms with Gasteiger partial charge in [0.25, 0.3) is 0 Å². The molecule has 0 bridgehead atoms. The molecular weight excluding hydrogens is 249 g/mol. The van der Waals surface area contributed by atoms with Crippen molar-refractivity contribution in [3.05, 3.63) is 41.0 Å². The van der Waals surface area contributed by atoms with E-state index in [1.54, 1.807) is 12.3 Å². The van der Waals surface area contributed by atoms with E-state index < -0.39 is 0 Å². The minimum absolute atomic E-state index is 0.281. The van der Waals surface area contributed by atoms with Crippen molar-refractivity contribution in [1.82, 2.24) is 15.2 Å². The van der Waals surface area contributed by atoms with Gasteiger partial charge in [-0.3, -0.25) is 4.98 Å². The third-order valence-corrected chi connectivity index (χ3v) is 2.10. The van der Waals surface area contributed by atoms with E-state index in [1.807, 2.05) is 0 Å². The maximum Gasteiger partial charge on any atom is 0.150 e. The Morgan fingerprint density at radius 1 is 1.21 bits per heavy atom. The van der Waals surface area contributed by atoms with Crippen molar-refractivity contribution in [3.63, 3.8) is 0 Å². The van der Waals surface area contributed by atoms with Crippen molar-refractivity contribution in [3.8, 4) is 11.3 Å². The first-order chi connectivity index (χ1) is 6.77. The van der Waals surface area contributed by atoms with Gasteiger partial charge in [0.1, 0.15) is 5.69 Å². The Morgan fingerprint density at radius 2 is 2.07 bits per heavy atom. The average Bonchev–Trinajstić information content (AvgIpc) is 2.19. The molecule has 0 spiro atoms. The third-order valence-electron chi connectivity index (χ3n) is 1.67. The maximum absolute atomic E-state index is 13.4. The number of rotatable bonds is 1. The lowest BCUT2D eigenvalue weighted by Crippen LogP contribution is -1.90. The summed E-state index contributed by atoms with van der Waals surface area (Å²) in [4.78, 5) is 3.96. The molecule has 0 fully saturated rings. The Morgan fingerprint density at radius 3 is 2.71 bits per heavy atom. The topological polar surface area (TPSA) is 38.7 Å². The standard InChI is InChI=1S/C9H5BrFN3/c10-7-3-8(11)9(12-5-7)6-1-2-13-14-4-6/h1-5H. The van der Waals surface area contributed by atoms with Gasteiger partial charge in [-0.25, -0.2) is 4.39 Å². The molecule has 0 amide bonds. The molecule has 0 saturated heterocycles. The van der Waals surface area contributed by atoms with Crippen LogP contribution < -0.4 is 0 Å². The Hall–Kier alpha value is -1.36. The Kier molecular flexibility index (Phi) is 2.49. The van der Waals surface area contributed by atoms with E-state index in [1.165, 1.54) is 18.5 Å². The van der Waals surface area contributed by atoms with E-state index in [0.29, 0.717) is 10.0 Å². The number of hydrogen-bond acceptors (Lipinski definition) is 3. The second-order valence-electron chi connectivity index (χ2n) is 2.62. The second kappa shape index (κ2) is 3.79. The van der Waals surface area contributed by atoms with Gasteiger partial charge in [-0.05, 0) is 28.1 Å². The maximum atomic E-state index is 13.4. The smallest absolute Gasteiger partial charge is 0.150 e. The quantitative estimate of drug-likeness (QED) is 0.784. The number of aromatic nitrogens is 3. The van der Waals surface area contributed by atoms with Crippen molar-refractivity contribution in [2.75, 3.05) is 0 Å². The molecule has 3 nitrogen and oxygen atoms in total. The van der Waals surface area contributed by atoms with E-state index in [9.17, 15) is 4.39 Å². The van der Waals surface area contributed by atoms with Gasteiger partial charge in [0.15, 0.2) is 5.82 Å². The highest BCUT2D eigenvalue weighted by atomic mass is 79.9. The first kappa shape index (κ1) is 9.21. The van der Waals surface area contributed by atoms with Gasteiger partial charge in [-0.15, -0.1) is 0 Å². The number of pyridine rings is 1. The van der Waals surface area contributed by atoms with Gasteiger partial charge in [-0.1, -0.05) is 0 Å². The molecule has 70 valence electrons. The van der Waals surface area contributed by atoms with Gasteiger partial charge in [0, 0.05) is 16.2 Å². The molecule has 2 aromatic rings. The minimum Gasteiger partial charge on any atom is -0.252 e. The Balaban J connectivity index is 2.53. The van der Waals surface area contributed by atoms with Gasteiger partial charge in [0.05, 0.1) is 12.4 Å². The van der Waals surface area contributed by atoms with Gasteiger partial charge in [-0.2, -0.15) is 10.2 Å². The van der Waals surface area contributed by atoms with Crippen LogP contribution in [0.4, 0.5) is 4.39 Å². The lowest BCUT2D eigenvalue weighted by atomic mass is 10.2. The summed E-state index contributed by atoms with van der Waals surface area (Å²) in [5.74, 6) is -0.382. The first-order valence-corrected chi connectivity index (χ1v) is 4.65. The van der Waals surface area contributed by atoms with Crippen LogP contribution in [0.1, 0.15) is 0 Å². The lowest BCUT2D eigenvalue weighted by molar-refractivity contribution is 0.624. The summed E-state index contributed by atoms with van der Waals surface area (Å²) in [7, 11) is 0. The highest BCUT2D eigenvalue weighted by Crippen LogP contribution is 2.21. The molecule has 0 aromatic carbocycles. The average molecular weight is 254 g/mol. The fourth-order valence-electron chi connectivity index (χ4n) is 1.06. The van der Waals surface area contributed by atoms with Crippen LogP contribution in [0, 0.1) is 5.82 Å². The first-order valence-electron chi connectivity index (χ1n) is 3.85. The van der Waals surface area contributed by atoms with Gasteiger partial charge in [0.2, 0.25) is 0 Å². The molecule has 14 heavy (non-hydrogen) atoms. The molecule has 2 aromatic heterocycles. The zero-order valence-corrected chi connectivity index (χ0v) is 8.57. The fourth-order valence-corrected chi connectivity index (χ4v) is 1.36. The molecule has 0 atom stereocenters. The zero-order valence-electron chi connectivity index (χ0n) is 6.98. The second-order valence-corrected chi connectivity index (χ2v) is 3.53. The fraction of sp³-hybridized carbons (Fsp3) is 0. The van der Waals surface area contributed by atoms with Crippen molar-refractivity contribution in [2.24, 2.45) is 0 Å². The highest BCUT2D eigenvalue weighted by molar-refractivity contribution is 9.10. The molecule has 0 aliphatic rings. The summed E-state index contributed by atoms with van der Waals surface area (Å²) in [6, 6.07) is 3.02. The molecule has 0 saturated carbocycles. The van der Waals surface area contributed by atoms with E-state index >= 15 is 0 Å². The molecule has 0 unspecified atom stereocenters. The van der Waals surface area contributed by atoms with Crippen molar-refractivity contribution in [2.45, 2.75) is 0 Å². The third kappa shape index (κ3) is 1.77. The van der Waals surface area contributed by atoms with Crippen LogP contribution >= 0.6 is 15.9 Å². The number of hydrogen-bond donors (Lipinski definition) is 0. The van der Waals surface area contributed by atoms with Crippen LogP contribution in [-0.2, 0) is 0 Å². The van der Waals surface area contributed by atoms with E-state index in [-0.39, 0.29) is 11.5 Å². The number of nitrogens with zero attached hydrogens (tertiary/aromatic N) is 3. The van der Waals surface area contributed by atoms with Crippen LogP contribution in [0.3, 0.4) is 0 Å². The SMILES string of the molecule is Fc1cc(Br)cnc1-c1ccnnc1. The van der Waals surface area contributed by atoms with Crippen molar-refractivity contribution in [1.29, 1.82) is 0 Å². The summed E-state index contributed by atoms with van der Waals surface area (Å²) < 4.78 is 14.0. The van der Waals surface area contributed by atoms with E-state index in [0.717, 1.165) is 0 Å². The summed E-state index contributed by atoms with van der Waals surface area (Å²) >= 11 is 3.14. The predicted molar refractivity (Wildman–Crippen MR) is 52.9 cm³/mol. The molecule has 0 N–H and O–H groups in total. The van der Waals surface area contributed by atoms with Crippen LogP contribution in [0.5, 0.6) is 0 Å². The molecule has 5 heteroatoms. The normalized spacial score (nSPS) is 10.1. The predicted octanol–water partition coefficient (Wildman–Crippen LogP) is 2.44. The zero-order chi connectivity index (χ0) is 9.97. The molecule has 2 heterocycles. The minimum atomic E-state index is -0.382. The number of halogens is 2. The van der Waals surface area contributed by atoms with E-state index in [2.05, 4.69) is 31.1 Å². The summed E-state index contributed by atoms with van der Waals surface area (Å²) in [6.07, 6.45) is 4.51. The van der Waals surface area contributed by atoms with E-state index in [4.69, 9.17) is 0 Å². The van der Waals surface area contributed by atoms with Gasteiger partial charge >= 0.3 is 0 Å². The molecule has 2 rings (SSSR count). The van der Waals surface area contributed by atoms with Crippen molar-refractivity contribution < 1.29 is 4.39 Å². The summed E-state index contributed by atoms with van der Waals surface area (Å²) in [5.41, 5.74) is 0.896. The monoisotopic (exact) mass is 253 g/mol. The molecule has 0 aliphatic carbocycles. The molecule has 0 aliphatic heterocycles. The van der Waals surface area contributed by atoms with Crippen LogP contribution in [-0.4, -0.2) is 15.2 Å². The lowest BCUT2D eigenvalue weighted by Gasteiger charge is -2.00.